The van der Waals surface area contributed by atoms with Crippen molar-refractivity contribution in [2.24, 2.45) is 0 Å². The number of hydrogen-bond donors (Lipinski definition) is 1. The summed E-state index contributed by atoms with van der Waals surface area (Å²) < 4.78 is 7.64. The predicted molar refractivity (Wildman–Crippen MR) is 56.8 cm³/mol. The van der Waals surface area contributed by atoms with Gasteiger partial charge in [0.1, 0.15) is 11.6 Å². The third-order valence-electron chi connectivity index (χ3n) is 3.06. The van der Waals surface area contributed by atoms with Crippen LogP contribution in [0.15, 0.2) is 0 Å². The molecule has 1 N–H and O–H groups in total. The van der Waals surface area contributed by atoms with E-state index in [0.29, 0.717) is 12.0 Å². The van der Waals surface area contributed by atoms with Gasteiger partial charge in [-0.2, -0.15) is 0 Å². The van der Waals surface area contributed by atoms with E-state index in [1.807, 2.05) is 14.0 Å². The van der Waals surface area contributed by atoms with Crippen molar-refractivity contribution in [2.75, 3.05) is 20.3 Å². The standard InChI is InChI=1S/C10H18N4O/c1-4-14-7(2)12-13-10(14)8-5-15-6-9(8)11-3/h8-9,11H,4-6H2,1-3H3. The van der Waals surface area contributed by atoms with Crippen molar-refractivity contribution in [3.63, 3.8) is 0 Å². The lowest BCUT2D eigenvalue weighted by Crippen LogP contribution is -2.32. The van der Waals surface area contributed by atoms with Gasteiger partial charge in [0.2, 0.25) is 0 Å². The number of hydrogen-bond acceptors (Lipinski definition) is 4. The molecule has 5 heteroatoms. The molecule has 1 aromatic rings. The Kier molecular flexibility index (Phi) is 3.02. The minimum atomic E-state index is 0.330. The average Bonchev–Trinajstić information content (AvgIpc) is 2.82. The second-order valence-corrected chi connectivity index (χ2v) is 3.89. The molecule has 1 aliphatic heterocycles. The highest BCUT2D eigenvalue weighted by molar-refractivity contribution is 5.07. The van der Waals surface area contributed by atoms with Gasteiger partial charge in [-0.05, 0) is 20.9 Å². The van der Waals surface area contributed by atoms with Crippen LogP contribution in [0.3, 0.4) is 0 Å². The van der Waals surface area contributed by atoms with E-state index in [0.717, 1.165) is 31.4 Å². The van der Waals surface area contributed by atoms with Crippen molar-refractivity contribution in [1.29, 1.82) is 0 Å². The summed E-state index contributed by atoms with van der Waals surface area (Å²) in [5, 5.41) is 11.7. The maximum atomic E-state index is 5.48. The minimum absolute atomic E-state index is 0.330. The maximum Gasteiger partial charge on any atom is 0.140 e. The maximum absolute atomic E-state index is 5.48. The van der Waals surface area contributed by atoms with Crippen molar-refractivity contribution >= 4 is 0 Å². The van der Waals surface area contributed by atoms with Crippen LogP contribution in [-0.2, 0) is 11.3 Å². The average molecular weight is 210 g/mol. The molecule has 84 valence electrons. The molecule has 5 nitrogen and oxygen atoms in total. The third kappa shape index (κ3) is 1.77. The molecule has 2 heterocycles. The largest absolute Gasteiger partial charge is 0.379 e. The van der Waals surface area contributed by atoms with Crippen LogP contribution in [0.4, 0.5) is 0 Å². The van der Waals surface area contributed by atoms with Crippen LogP contribution in [0, 0.1) is 6.92 Å². The van der Waals surface area contributed by atoms with Crippen LogP contribution in [0.1, 0.15) is 24.5 Å². The van der Waals surface area contributed by atoms with Crippen molar-refractivity contribution in [3.8, 4) is 0 Å². The molecule has 1 saturated heterocycles. The summed E-state index contributed by atoms with van der Waals surface area (Å²) in [6, 6.07) is 0.360. The first-order chi connectivity index (χ1) is 7.27. The Labute approximate surface area is 89.8 Å². The van der Waals surface area contributed by atoms with Crippen LogP contribution in [-0.4, -0.2) is 41.1 Å². The number of aryl methyl sites for hydroxylation is 1. The number of nitrogens with zero attached hydrogens (tertiary/aromatic N) is 3. The SMILES string of the molecule is CCn1c(C)nnc1C1COCC1NC. The third-order valence-corrected chi connectivity index (χ3v) is 3.06. The van der Waals surface area contributed by atoms with E-state index in [-0.39, 0.29) is 0 Å². The highest BCUT2D eigenvalue weighted by Gasteiger charge is 2.32. The fourth-order valence-electron chi connectivity index (χ4n) is 2.16. The summed E-state index contributed by atoms with van der Waals surface area (Å²) in [6.07, 6.45) is 0. The van der Waals surface area contributed by atoms with Gasteiger partial charge in [-0.15, -0.1) is 10.2 Å². The molecule has 2 rings (SSSR count). The topological polar surface area (TPSA) is 52.0 Å². The normalized spacial score (nSPS) is 26.1. The van der Waals surface area contributed by atoms with Gasteiger partial charge >= 0.3 is 0 Å². The molecule has 2 unspecified atom stereocenters. The van der Waals surface area contributed by atoms with Gasteiger partial charge in [0.05, 0.1) is 19.1 Å². The Morgan fingerprint density at radius 3 is 2.93 bits per heavy atom. The second-order valence-electron chi connectivity index (χ2n) is 3.89. The van der Waals surface area contributed by atoms with Gasteiger partial charge in [-0.3, -0.25) is 0 Å². The van der Waals surface area contributed by atoms with E-state index >= 15 is 0 Å². The second kappa shape index (κ2) is 4.28. The van der Waals surface area contributed by atoms with Crippen LogP contribution in [0.25, 0.3) is 0 Å². The first-order valence-corrected chi connectivity index (χ1v) is 5.42. The van der Waals surface area contributed by atoms with Gasteiger partial charge in [-0.1, -0.05) is 0 Å². The fourth-order valence-corrected chi connectivity index (χ4v) is 2.16. The lowest BCUT2D eigenvalue weighted by molar-refractivity contribution is 0.187. The van der Waals surface area contributed by atoms with E-state index in [1.54, 1.807) is 0 Å². The molecule has 0 spiro atoms. The zero-order chi connectivity index (χ0) is 10.8. The van der Waals surface area contributed by atoms with E-state index in [1.165, 1.54) is 0 Å². The molecule has 1 fully saturated rings. The molecule has 15 heavy (non-hydrogen) atoms. The molecule has 0 radical (unpaired) electrons. The van der Waals surface area contributed by atoms with E-state index in [2.05, 4.69) is 27.0 Å². The van der Waals surface area contributed by atoms with Crippen LogP contribution >= 0.6 is 0 Å². The van der Waals surface area contributed by atoms with Gasteiger partial charge in [0, 0.05) is 12.6 Å². The number of nitrogens with one attached hydrogen (secondary N) is 1. The van der Waals surface area contributed by atoms with Crippen molar-refractivity contribution in [2.45, 2.75) is 32.4 Å². The van der Waals surface area contributed by atoms with E-state index in [9.17, 15) is 0 Å². The summed E-state index contributed by atoms with van der Waals surface area (Å²) in [6.45, 7) is 6.52. The summed E-state index contributed by atoms with van der Waals surface area (Å²) in [7, 11) is 1.96. The van der Waals surface area contributed by atoms with Gasteiger partial charge in [-0.25, -0.2) is 0 Å². The summed E-state index contributed by atoms with van der Waals surface area (Å²) in [5.41, 5.74) is 0. The first kappa shape index (κ1) is 10.6. The van der Waals surface area contributed by atoms with Crippen molar-refractivity contribution in [3.05, 3.63) is 11.6 Å². The van der Waals surface area contributed by atoms with Gasteiger partial charge in [0.25, 0.3) is 0 Å². The molecule has 0 aliphatic carbocycles. The highest BCUT2D eigenvalue weighted by atomic mass is 16.5. The van der Waals surface area contributed by atoms with Crippen LogP contribution in [0.2, 0.25) is 0 Å². The molecule has 2 atom stereocenters. The highest BCUT2D eigenvalue weighted by Crippen LogP contribution is 2.24. The van der Waals surface area contributed by atoms with Crippen LogP contribution in [0.5, 0.6) is 0 Å². The summed E-state index contributed by atoms with van der Waals surface area (Å²) in [5.74, 6) is 2.36. The number of likely N-dealkylation sites (N-methyl/N-ethyl adjacent to an activating group) is 1. The van der Waals surface area contributed by atoms with Gasteiger partial charge in [0.15, 0.2) is 0 Å². The smallest absolute Gasteiger partial charge is 0.140 e. The number of ether oxygens (including phenoxy) is 1. The molecule has 1 aromatic heterocycles. The first-order valence-electron chi connectivity index (χ1n) is 5.42. The summed E-state index contributed by atoms with van der Waals surface area (Å²) >= 11 is 0. The Morgan fingerprint density at radius 2 is 2.27 bits per heavy atom. The quantitative estimate of drug-likeness (QED) is 0.780. The molecule has 1 aliphatic rings. The molecule has 0 amide bonds. The summed E-state index contributed by atoms with van der Waals surface area (Å²) in [4.78, 5) is 0. The van der Waals surface area contributed by atoms with Gasteiger partial charge < -0.3 is 14.6 Å². The monoisotopic (exact) mass is 210 g/mol. The Bertz CT molecular complexity index is 336. The zero-order valence-electron chi connectivity index (χ0n) is 9.53. The molecule has 0 bridgehead atoms. The number of rotatable bonds is 3. The number of aromatic nitrogens is 3. The molecule has 0 aromatic carbocycles. The Morgan fingerprint density at radius 1 is 1.47 bits per heavy atom. The van der Waals surface area contributed by atoms with E-state index in [4.69, 9.17) is 4.74 Å². The Balaban J connectivity index is 2.28. The van der Waals surface area contributed by atoms with Crippen molar-refractivity contribution in [1.82, 2.24) is 20.1 Å². The van der Waals surface area contributed by atoms with E-state index < -0.39 is 0 Å². The predicted octanol–water partition coefficient (Wildman–Crippen LogP) is 0.308. The van der Waals surface area contributed by atoms with Crippen molar-refractivity contribution < 1.29 is 4.74 Å². The fraction of sp³-hybridized carbons (Fsp3) is 0.800. The molecular formula is C10H18N4O. The molecular weight excluding hydrogens is 192 g/mol. The van der Waals surface area contributed by atoms with Crippen LogP contribution < -0.4 is 5.32 Å². The minimum Gasteiger partial charge on any atom is -0.379 e. The lowest BCUT2D eigenvalue weighted by Gasteiger charge is -2.16. The zero-order valence-corrected chi connectivity index (χ0v) is 9.53. The molecule has 0 saturated carbocycles. The Hall–Kier alpha value is -0.940. The lowest BCUT2D eigenvalue weighted by atomic mass is 10.0.